The summed E-state index contributed by atoms with van der Waals surface area (Å²) >= 11 is 4.19. The van der Waals surface area contributed by atoms with E-state index in [0.29, 0.717) is 11.4 Å². The fraction of sp³-hybridized carbons (Fsp3) is 0.400. The molecule has 0 aliphatic heterocycles. The summed E-state index contributed by atoms with van der Waals surface area (Å²) in [6, 6.07) is 3.53. The Bertz CT molecular complexity index is 339. The molecule has 0 bridgehead atoms. The van der Waals surface area contributed by atoms with Gasteiger partial charge in [0.2, 0.25) is 0 Å². The van der Waals surface area contributed by atoms with E-state index < -0.39 is 5.97 Å². The van der Waals surface area contributed by atoms with E-state index in [1.165, 1.54) is 7.11 Å². The van der Waals surface area contributed by atoms with Crippen molar-refractivity contribution >= 4 is 18.6 Å². The Morgan fingerprint density at radius 3 is 2.79 bits per heavy atom. The number of thiol groups is 1. The van der Waals surface area contributed by atoms with Crippen LogP contribution in [0.4, 0.5) is 0 Å². The first kappa shape index (κ1) is 11.0. The van der Waals surface area contributed by atoms with Gasteiger partial charge in [-0.2, -0.15) is 12.6 Å². The van der Waals surface area contributed by atoms with Crippen LogP contribution in [-0.4, -0.2) is 18.1 Å². The molecule has 1 rings (SSSR count). The Morgan fingerprint density at radius 1 is 1.57 bits per heavy atom. The number of esters is 1. The topological polar surface area (TPSA) is 39.2 Å². The van der Waals surface area contributed by atoms with Crippen molar-refractivity contribution in [2.75, 3.05) is 7.11 Å². The molecule has 0 spiro atoms. The minimum atomic E-state index is -0.398. The fourth-order valence-electron chi connectivity index (χ4n) is 1.20. The predicted octanol–water partition coefficient (Wildman–Crippen LogP) is 1.86. The fourth-order valence-corrected chi connectivity index (χ4v) is 1.49. The number of hydrogen-bond donors (Lipinski definition) is 1. The summed E-state index contributed by atoms with van der Waals surface area (Å²) < 4.78 is 4.59. The third kappa shape index (κ3) is 2.26. The highest BCUT2D eigenvalue weighted by atomic mass is 32.1. The van der Waals surface area contributed by atoms with E-state index in [1.807, 2.05) is 13.0 Å². The third-order valence-electron chi connectivity index (χ3n) is 1.97. The zero-order valence-electron chi connectivity index (χ0n) is 8.28. The molecule has 1 aromatic heterocycles. The average Bonchev–Trinajstić information content (AvgIpc) is 2.26. The highest BCUT2D eigenvalue weighted by molar-refractivity contribution is 7.79. The Labute approximate surface area is 88.9 Å². The number of aromatic nitrogens is 1. The largest absolute Gasteiger partial charge is 0.464 e. The van der Waals surface area contributed by atoms with E-state index in [-0.39, 0.29) is 0 Å². The van der Waals surface area contributed by atoms with Gasteiger partial charge in [-0.25, -0.2) is 9.78 Å². The molecule has 76 valence electrons. The lowest BCUT2D eigenvalue weighted by molar-refractivity contribution is 0.0593. The van der Waals surface area contributed by atoms with E-state index in [0.717, 1.165) is 17.7 Å². The summed E-state index contributed by atoms with van der Waals surface area (Å²) in [4.78, 5) is 15.4. The van der Waals surface area contributed by atoms with Crippen molar-refractivity contribution in [3.8, 4) is 0 Å². The predicted molar refractivity (Wildman–Crippen MR) is 57.6 cm³/mol. The molecule has 0 saturated heterocycles. The number of nitrogens with zero attached hydrogens (tertiary/aromatic N) is 1. The molecule has 4 heteroatoms. The van der Waals surface area contributed by atoms with Crippen LogP contribution in [0.25, 0.3) is 0 Å². The van der Waals surface area contributed by atoms with Crippen LogP contribution in [-0.2, 0) is 16.9 Å². The van der Waals surface area contributed by atoms with Gasteiger partial charge in [-0.05, 0) is 18.1 Å². The molecule has 0 saturated carbocycles. The lowest BCUT2D eigenvalue weighted by atomic mass is 10.1. The van der Waals surface area contributed by atoms with E-state index >= 15 is 0 Å². The lowest BCUT2D eigenvalue weighted by Gasteiger charge is -2.05. The van der Waals surface area contributed by atoms with Gasteiger partial charge in [0.15, 0.2) is 0 Å². The van der Waals surface area contributed by atoms with Gasteiger partial charge in [-0.3, -0.25) is 0 Å². The molecule has 3 nitrogen and oxygen atoms in total. The molecule has 0 amide bonds. The summed E-state index contributed by atoms with van der Waals surface area (Å²) in [5, 5.41) is 0. The number of carbonyl (C=O) groups is 1. The van der Waals surface area contributed by atoms with Crippen LogP contribution in [0, 0.1) is 0 Å². The normalized spacial score (nSPS) is 9.93. The Hall–Kier alpha value is -1.03. The minimum Gasteiger partial charge on any atom is -0.464 e. The molecule has 0 aliphatic carbocycles. The molecule has 0 aliphatic rings. The number of pyridine rings is 1. The zero-order chi connectivity index (χ0) is 10.6. The summed E-state index contributed by atoms with van der Waals surface area (Å²) in [5.74, 6) is 0.239. The van der Waals surface area contributed by atoms with Gasteiger partial charge >= 0.3 is 5.97 Å². The number of aryl methyl sites for hydroxylation is 1. The monoisotopic (exact) mass is 211 g/mol. The average molecular weight is 211 g/mol. The Balaban J connectivity index is 3.07. The molecule has 1 heterocycles. The van der Waals surface area contributed by atoms with E-state index in [4.69, 9.17) is 0 Å². The second-order valence-corrected chi connectivity index (χ2v) is 3.12. The first-order valence-corrected chi connectivity index (χ1v) is 5.04. The van der Waals surface area contributed by atoms with E-state index in [9.17, 15) is 4.79 Å². The van der Waals surface area contributed by atoms with Crippen LogP contribution in [0.5, 0.6) is 0 Å². The molecular formula is C10H13NO2S. The van der Waals surface area contributed by atoms with E-state index in [1.54, 1.807) is 6.07 Å². The van der Waals surface area contributed by atoms with Crippen LogP contribution >= 0.6 is 12.6 Å². The van der Waals surface area contributed by atoms with Crippen molar-refractivity contribution in [2.45, 2.75) is 19.1 Å². The number of ether oxygens (including phenoxy) is 1. The van der Waals surface area contributed by atoms with Crippen molar-refractivity contribution in [3.63, 3.8) is 0 Å². The molecule has 0 atom stereocenters. The first-order chi connectivity index (χ1) is 6.72. The Morgan fingerprint density at radius 2 is 2.29 bits per heavy atom. The van der Waals surface area contributed by atoms with Crippen LogP contribution < -0.4 is 0 Å². The van der Waals surface area contributed by atoms with Crippen LogP contribution in [0.3, 0.4) is 0 Å². The standard InChI is InChI=1S/C10H13NO2S/c1-3-8-7(6-14)4-5-9(11-8)10(12)13-2/h4-5,14H,3,6H2,1-2H3. The van der Waals surface area contributed by atoms with Crippen molar-refractivity contribution < 1.29 is 9.53 Å². The quantitative estimate of drug-likeness (QED) is 0.612. The van der Waals surface area contributed by atoms with Gasteiger partial charge in [0.1, 0.15) is 5.69 Å². The maximum absolute atomic E-state index is 11.2. The second-order valence-electron chi connectivity index (χ2n) is 2.81. The lowest BCUT2D eigenvalue weighted by Crippen LogP contribution is -2.07. The smallest absolute Gasteiger partial charge is 0.356 e. The number of rotatable bonds is 3. The summed E-state index contributed by atoms with van der Waals surface area (Å²) in [5.41, 5.74) is 2.32. The van der Waals surface area contributed by atoms with Crippen molar-refractivity contribution in [3.05, 3.63) is 29.1 Å². The first-order valence-electron chi connectivity index (χ1n) is 4.40. The SMILES string of the molecule is CCc1nc(C(=O)OC)ccc1CS. The number of carbonyl (C=O) groups excluding carboxylic acids is 1. The maximum atomic E-state index is 11.2. The maximum Gasteiger partial charge on any atom is 0.356 e. The minimum absolute atomic E-state index is 0.356. The van der Waals surface area contributed by atoms with Crippen LogP contribution in [0.1, 0.15) is 28.7 Å². The number of hydrogen-bond acceptors (Lipinski definition) is 4. The summed E-state index contributed by atoms with van der Waals surface area (Å²) in [6.07, 6.45) is 0.792. The molecule has 0 radical (unpaired) electrons. The highest BCUT2D eigenvalue weighted by Gasteiger charge is 2.09. The second kappa shape index (κ2) is 5.00. The van der Waals surface area contributed by atoms with Gasteiger partial charge in [0.25, 0.3) is 0 Å². The highest BCUT2D eigenvalue weighted by Crippen LogP contribution is 2.11. The number of methoxy groups -OCH3 is 1. The van der Waals surface area contributed by atoms with Gasteiger partial charge in [0.05, 0.1) is 7.11 Å². The summed E-state index contributed by atoms with van der Waals surface area (Å²) in [6.45, 7) is 2.00. The van der Waals surface area contributed by atoms with Gasteiger partial charge in [0, 0.05) is 11.4 Å². The molecule has 0 aromatic carbocycles. The van der Waals surface area contributed by atoms with Crippen LogP contribution in [0.15, 0.2) is 12.1 Å². The molecule has 0 N–H and O–H groups in total. The van der Waals surface area contributed by atoms with Gasteiger partial charge < -0.3 is 4.74 Å². The zero-order valence-corrected chi connectivity index (χ0v) is 9.17. The Kier molecular flexibility index (Phi) is 3.95. The molecule has 0 fully saturated rings. The molecule has 1 aromatic rings. The van der Waals surface area contributed by atoms with Gasteiger partial charge in [-0.15, -0.1) is 0 Å². The molecular weight excluding hydrogens is 198 g/mol. The molecule has 0 unspecified atom stereocenters. The van der Waals surface area contributed by atoms with Crippen LogP contribution in [0.2, 0.25) is 0 Å². The summed E-state index contributed by atoms with van der Waals surface area (Å²) in [7, 11) is 1.35. The van der Waals surface area contributed by atoms with Crippen molar-refractivity contribution in [1.29, 1.82) is 0 Å². The van der Waals surface area contributed by atoms with Crippen molar-refractivity contribution in [1.82, 2.24) is 4.98 Å². The third-order valence-corrected chi connectivity index (χ3v) is 2.31. The molecule has 14 heavy (non-hydrogen) atoms. The van der Waals surface area contributed by atoms with Gasteiger partial charge in [-0.1, -0.05) is 13.0 Å². The van der Waals surface area contributed by atoms with E-state index in [2.05, 4.69) is 22.3 Å². The van der Waals surface area contributed by atoms with Crippen molar-refractivity contribution in [2.24, 2.45) is 0 Å².